The highest BCUT2D eigenvalue weighted by Crippen LogP contribution is 2.31. The van der Waals surface area contributed by atoms with Gasteiger partial charge in [-0.15, -0.1) is 0 Å². The van der Waals surface area contributed by atoms with Gasteiger partial charge >= 0.3 is 5.97 Å². The Kier molecular flexibility index (Phi) is 12.4. The molecule has 4 aromatic carbocycles. The van der Waals surface area contributed by atoms with Gasteiger partial charge in [0.15, 0.2) is 0 Å². The van der Waals surface area contributed by atoms with E-state index < -0.39 is 22.1 Å². The van der Waals surface area contributed by atoms with Crippen molar-refractivity contribution in [2.75, 3.05) is 43.9 Å². The van der Waals surface area contributed by atoms with Crippen molar-refractivity contribution < 1.29 is 37.3 Å². The first-order valence-electron chi connectivity index (χ1n) is 15.0. The zero-order valence-electron chi connectivity index (χ0n) is 26.2. The van der Waals surface area contributed by atoms with Crippen molar-refractivity contribution in [2.45, 2.75) is 26.6 Å². The van der Waals surface area contributed by atoms with Crippen LogP contribution in [0.2, 0.25) is 0 Å². The molecule has 0 aliphatic heterocycles. The number of carbonyl (C=O) groups excluding carboxylic acids is 1. The van der Waals surface area contributed by atoms with E-state index in [1.807, 2.05) is 73.7 Å². The van der Waals surface area contributed by atoms with E-state index in [0.717, 1.165) is 22.9 Å². The molecule has 4 rings (SSSR count). The molecule has 46 heavy (non-hydrogen) atoms. The molecular formula is C35H40N2O8S. The fourth-order valence-corrected chi connectivity index (χ4v) is 5.15. The Morgan fingerprint density at radius 3 is 2.26 bits per heavy atom. The lowest BCUT2D eigenvalue weighted by atomic mass is 10.0. The molecule has 0 aliphatic rings. The van der Waals surface area contributed by atoms with Gasteiger partial charge in [0.05, 0.1) is 31.3 Å². The Hall–Kier alpha value is -4.58. The normalized spacial score (nSPS) is 11.8. The molecule has 0 saturated carbocycles. The summed E-state index contributed by atoms with van der Waals surface area (Å²) in [5.74, 6) is 1.10. The number of hydrogen-bond donors (Lipinski definition) is 3. The number of esters is 1. The number of ether oxygens (including phenoxy) is 4. The Balaban J connectivity index is 1.28. The summed E-state index contributed by atoms with van der Waals surface area (Å²) >= 11 is 0. The van der Waals surface area contributed by atoms with Crippen LogP contribution in [0.3, 0.4) is 0 Å². The molecule has 0 spiro atoms. The molecule has 0 fully saturated rings. The van der Waals surface area contributed by atoms with Crippen LogP contribution in [0.15, 0.2) is 91.0 Å². The second kappa shape index (κ2) is 16.6. The van der Waals surface area contributed by atoms with E-state index in [0.29, 0.717) is 48.1 Å². The van der Waals surface area contributed by atoms with Crippen molar-refractivity contribution >= 4 is 21.7 Å². The van der Waals surface area contributed by atoms with Gasteiger partial charge in [0.25, 0.3) is 0 Å². The minimum atomic E-state index is -3.57. The van der Waals surface area contributed by atoms with E-state index in [1.54, 1.807) is 31.2 Å². The Morgan fingerprint density at radius 1 is 0.826 bits per heavy atom. The van der Waals surface area contributed by atoms with Gasteiger partial charge < -0.3 is 29.4 Å². The number of nitrogens with one attached hydrogen (secondary N) is 2. The van der Waals surface area contributed by atoms with Crippen LogP contribution in [0.1, 0.15) is 41.4 Å². The van der Waals surface area contributed by atoms with Crippen LogP contribution >= 0.6 is 0 Å². The summed E-state index contributed by atoms with van der Waals surface area (Å²) in [5, 5.41) is 13.9. The van der Waals surface area contributed by atoms with Crippen molar-refractivity contribution in [1.29, 1.82) is 0 Å². The predicted octanol–water partition coefficient (Wildman–Crippen LogP) is 5.58. The van der Waals surface area contributed by atoms with Crippen molar-refractivity contribution in [3.05, 3.63) is 108 Å². The van der Waals surface area contributed by atoms with E-state index >= 15 is 0 Å². The van der Waals surface area contributed by atoms with Crippen LogP contribution in [0.4, 0.5) is 5.69 Å². The zero-order chi connectivity index (χ0) is 32.9. The Bertz CT molecular complexity index is 1680. The summed E-state index contributed by atoms with van der Waals surface area (Å²) in [6.07, 6.45) is 0.175. The molecule has 0 heterocycles. The number of aliphatic hydroxyl groups excluding tert-OH is 1. The SMILES string of the molecule is CCOC(=O)c1ccc(-c2ccc(OCCNC[C@H](O)c3ccc(OCc4ccccc4)c(NS(C)(=O)=O)c3)cc2)cc1OCC. The lowest BCUT2D eigenvalue weighted by Gasteiger charge is -2.17. The first-order valence-corrected chi connectivity index (χ1v) is 16.9. The van der Waals surface area contributed by atoms with E-state index in [2.05, 4.69) is 10.0 Å². The maximum atomic E-state index is 12.3. The second-order valence-electron chi connectivity index (χ2n) is 10.4. The van der Waals surface area contributed by atoms with Crippen molar-refractivity contribution in [3.63, 3.8) is 0 Å². The zero-order valence-corrected chi connectivity index (χ0v) is 27.0. The van der Waals surface area contributed by atoms with Crippen LogP contribution in [-0.4, -0.2) is 58.7 Å². The topological polar surface area (TPSA) is 132 Å². The van der Waals surface area contributed by atoms with Gasteiger partial charge in [0.1, 0.15) is 36.0 Å². The summed E-state index contributed by atoms with van der Waals surface area (Å²) in [7, 11) is -3.57. The standard InChI is InChI=1S/C35H40N2O8S/c1-4-42-34-22-27(13-17-30(34)35(39)43-5-2)26-11-15-29(16-12-26)44-20-19-36-23-32(38)28-14-18-33(31(21-28)37-46(3,40)41)45-24-25-9-7-6-8-10-25/h6-18,21-22,32,36-38H,4-5,19-20,23-24H2,1-3H3/t32-/m0/s1. The molecular weight excluding hydrogens is 608 g/mol. The van der Waals surface area contributed by atoms with Crippen LogP contribution in [0.25, 0.3) is 11.1 Å². The third-order valence-corrected chi connectivity index (χ3v) is 7.36. The van der Waals surface area contributed by atoms with E-state index in [-0.39, 0.29) is 25.4 Å². The van der Waals surface area contributed by atoms with Crippen LogP contribution in [-0.2, 0) is 21.4 Å². The Labute approximate surface area is 270 Å². The number of aliphatic hydroxyl groups is 1. The first kappa shape index (κ1) is 34.3. The maximum Gasteiger partial charge on any atom is 0.341 e. The summed E-state index contributed by atoms with van der Waals surface area (Å²) in [6.45, 7) is 5.66. The van der Waals surface area contributed by atoms with Crippen molar-refractivity contribution in [2.24, 2.45) is 0 Å². The molecule has 0 unspecified atom stereocenters. The van der Waals surface area contributed by atoms with Gasteiger partial charge in [0, 0.05) is 13.1 Å². The molecule has 0 aliphatic carbocycles. The lowest BCUT2D eigenvalue weighted by molar-refractivity contribution is 0.0522. The largest absolute Gasteiger partial charge is 0.493 e. The molecule has 4 aromatic rings. The van der Waals surface area contributed by atoms with Crippen molar-refractivity contribution in [1.82, 2.24) is 5.32 Å². The number of hydrogen-bond acceptors (Lipinski definition) is 9. The third-order valence-electron chi connectivity index (χ3n) is 6.77. The monoisotopic (exact) mass is 648 g/mol. The summed E-state index contributed by atoms with van der Waals surface area (Å²) in [4.78, 5) is 12.3. The van der Waals surface area contributed by atoms with Gasteiger partial charge in [-0.3, -0.25) is 4.72 Å². The average Bonchev–Trinajstić information content (AvgIpc) is 3.04. The molecule has 244 valence electrons. The molecule has 0 radical (unpaired) electrons. The average molecular weight is 649 g/mol. The number of benzene rings is 4. The third kappa shape index (κ3) is 10.2. The van der Waals surface area contributed by atoms with Gasteiger partial charge in [-0.05, 0) is 72.5 Å². The minimum absolute atomic E-state index is 0.231. The number of rotatable bonds is 17. The van der Waals surface area contributed by atoms with Crippen LogP contribution in [0, 0.1) is 0 Å². The smallest absolute Gasteiger partial charge is 0.341 e. The van der Waals surface area contributed by atoms with E-state index in [4.69, 9.17) is 18.9 Å². The van der Waals surface area contributed by atoms with Gasteiger partial charge in [-0.2, -0.15) is 0 Å². The lowest BCUT2D eigenvalue weighted by Crippen LogP contribution is -2.26. The molecule has 0 amide bonds. The highest BCUT2D eigenvalue weighted by molar-refractivity contribution is 7.92. The van der Waals surface area contributed by atoms with E-state index in [1.165, 1.54) is 0 Å². The first-order chi connectivity index (χ1) is 22.2. The molecule has 0 saturated heterocycles. The summed E-state index contributed by atoms with van der Waals surface area (Å²) in [6, 6.07) is 27.4. The van der Waals surface area contributed by atoms with Gasteiger partial charge in [-0.25, -0.2) is 13.2 Å². The molecule has 0 bridgehead atoms. The van der Waals surface area contributed by atoms with Gasteiger partial charge in [0.2, 0.25) is 10.0 Å². The molecule has 0 aromatic heterocycles. The predicted molar refractivity (Wildman–Crippen MR) is 178 cm³/mol. The summed E-state index contributed by atoms with van der Waals surface area (Å²) < 4.78 is 49.0. The fraction of sp³-hybridized carbons (Fsp3) is 0.286. The van der Waals surface area contributed by atoms with Gasteiger partial charge in [-0.1, -0.05) is 54.6 Å². The maximum absolute atomic E-state index is 12.3. The van der Waals surface area contributed by atoms with Crippen LogP contribution < -0.4 is 24.2 Å². The van der Waals surface area contributed by atoms with Crippen molar-refractivity contribution in [3.8, 4) is 28.4 Å². The second-order valence-corrected chi connectivity index (χ2v) is 12.1. The Morgan fingerprint density at radius 2 is 1.57 bits per heavy atom. The van der Waals surface area contributed by atoms with E-state index in [9.17, 15) is 18.3 Å². The molecule has 1 atom stereocenters. The molecule has 11 heteroatoms. The highest BCUT2D eigenvalue weighted by Gasteiger charge is 2.16. The quantitative estimate of drug-likeness (QED) is 0.0992. The molecule has 3 N–H and O–H groups in total. The number of sulfonamides is 1. The minimum Gasteiger partial charge on any atom is -0.493 e. The van der Waals surface area contributed by atoms with Crippen LogP contribution in [0.5, 0.6) is 17.2 Å². The summed E-state index contributed by atoms with van der Waals surface area (Å²) in [5.41, 5.74) is 3.95. The fourth-order valence-electron chi connectivity index (χ4n) is 4.59. The number of anilines is 1. The molecule has 10 nitrogen and oxygen atoms in total. The highest BCUT2D eigenvalue weighted by atomic mass is 32.2. The number of carbonyl (C=O) groups is 1.